The van der Waals surface area contributed by atoms with Crippen LogP contribution in [0.4, 0.5) is 0 Å². The van der Waals surface area contributed by atoms with Crippen LogP contribution in [0.5, 0.6) is 5.88 Å². The number of pyridine rings is 1. The molecule has 1 aromatic rings. The largest absolute Gasteiger partial charge is 0.443 e. The van der Waals surface area contributed by atoms with Crippen molar-refractivity contribution in [2.45, 2.75) is 12.3 Å². The van der Waals surface area contributed by atoms with Crippen LogP contribution in [0.25, 0.3) is 0 Å². The highest BCUT2D eigenvalue weighted by atomic mass is 32.1. The molecule has 0 aliphatic rings. The number of hydrogen-bond donors (Lipinski definition) is 2. The highest BCUT2D eigenvalue weighted by Crippen LogP contribution is 2.06. The van der Waals surface area contributed by atoms with Gasteiger partial charge < -0.3 is 4.74 Å². The minimum absolute atomic E-state index is 0.124. The normalized spacial score (nSPS) is 12.1. The summed E-state index contributed by atoms with van der Waals surface area (Å²) < 4.78 is 5.36. The summed E-state index contributed by atoms with van der Waals surface area (Å²) >= 11 is 4.18. The van der Waals surface area contributed by atoms with Crippen LogP contribution in [-0.4, -0.2) is 16.9 Å². The number of hydrogen-bond acceptors (Lipinski definition) is 4. The lowest BCUT2D eigenvalue weighted by Gasteiger charge is -2.10. The fourth-order valence-corrected chi connectivity index (χ4v) is 0.944. The molecule has 1 aromatic heterocycles. The fourth-order valence-electron chi connectivity index (χ4n) is 0.853. The molecule has 14 heavy (non-hydrogen) atoms. The molecule has 0 saturated carbocycles. The molecule has 0 aromatic carbocycles. The van der Waals surface area contributed by atoms with Gasteiger partial charge in [-0.05, 0) is 13.0 Å². The van der Waals surface area contributed by atoms with E-state index >= 15 is 0 Å². The van der Waals surface area contributed by atoms with Crippen LogP contribution >= 0.6 is 12.6 Å². The van der Waals surface area contributed by atoms with Gasteiger partial charge in [0.15, 0.2) is 0 Å². The summed E-state index contributed by atoms with van der Waals surface area (Å²) in [4.78, 5) is 4.02. The summed E-state index contributed by atoms with van der Waals surface area (Å²) in [5.74, 6) is 1.19. The highest BCUT2D eigenvalue weighted by Gasteiger charge is 1.99. The molecular weight excluding hydrogens is 196 g/mol. The Bertz CT molecular complexity index is 287. The van der Waals surface area contributed by atoms with E-state index in [0.717, 1.165) is 0 Å². The summed E-state index contributed by atoms with van der Waals surface area (Å²) in [7, 11) is 0. The van der Waals surface area contributed by atoms with Crippen LogP contribution in [0.15, 0.2) is 36.7 Å². The van der Waals surface area contributed by atoms with Crippen LogP contribution in [0.1, 0.15) is 6.92 Å². The van der Waals surface area contributed by atoms with E-state index < -0.39 is 0 Å². The molecule has 0 amide bonds. The van der Waals surface area contributed by atoms with E-state index in [2.05, 4.69) is 29.5 Å². The van der Waals surface area contributed by atoms with Crippen molar-refractivity contribution in [2.75, 3.05) is 6.54 Å². The summed E-state index contributed by atoms with van der Waals surface area (Å²) in [6, 6.07) is 5.49. The van der Waals surface area contributed by atoms with Crippen molar-refractivity contribution in [1.82, 2.24) is 10.3 Å². The lowest BCUT2D eigenvalue weighted by Crippen LogP contribution is -2.24. The van der Waals surface area contributed by atoms with Crippen molar-refractivity contribution in [3.8, 4) is 5.88 Å². The van der Waals surface area contributed by atoms with Crippen molar-refractivity contribution < 1.29 is 4.74 Å². The number of nitrogens with zero attached hydrogens (tertiary/aromatic N) is 1. The van der Waals surface area contributed by atoms with Gasteiger partial charge in [-0.15, -0.1) is 0 Å². The first-order valence-electron chi connectivity index (χ1n) is 4.36. The molecule has 1 rings (SSSR count). The van der Waals surface area contributed by atoms with Crippen molar-refractivity contribution >= 4 is 12.6 Å². The van der Waals surface area contributed by atoms with Crippen LogP contribution < -0.4 is 10.1 Å². The molecule has 0 fully saturated rings. The SMILES string of the molecule is C=C(CNC(C)S)Oc1ccccn1. The lowest BCUT2D eigenvalue weighted by atomic mass is 10.5. The standard InChI is InChI=1S/C10H14N2OS/c1-8(7-12-9(2)14)13-10-5-3-4-6-11-10/h3-6,9,12,14H,1,7H2,2H3. The molecule has 76 valence electrons. The van der Waals surface area contributed by atoms with E-state index in [9.17, 15) is 0 Å². The average molecular weight is 210 g/mol. The first-order chi connectivity index (χ1) is 6.68. The quantitative estimate of drug-likeness (QED) is 0.442. The zero-order valence-corrected chi connectivity index (χ0v) is 9.00. The maximum atomic E-state index is 5.36. The Morgan fingerprint density at radius 2 is 2.50 bits per heavy atom. The van der Waals surface area contributed by atoms with Gasteiger partial charge in [0.2, 0.25) is 5.88 Å². The Hall–Kier alpha value is -1.00. The van der Waals surface area contributed by atoms with Gasteiger partial charge >= 0.3 is 0 Å². The Balaban J connectivity index is 2.35. The third kappa shape index (κ3) is 4.30. The summed E-state index contributed by atoms with van der Waals surface area (Å²) in [5.41, 5.74) is 0. The summed E-state index contributed by atoms with van der Waals surface area (Å²) in [5, 5.41) is 3.20. The van der Waals surface area contributed by atoms with E-state index in [-0.39, 0.29) is 5.37 Å². The van der Waals surface area contributed by atoms with E-state index in [1.807, 2.05) is 19.1 Å². The molecule has 0 saturated heterocycles. The monoisotopic (exact) mass is 210 g/mol. The average Bonchev–Trinajstić information content (AvgIpc) is 2.16. The van der Waals surface area contributed by atoms with E-state index in [1.165, 1.54) is 0 Å². The molecular formula is C10H14N2OS. The van der Waals surface area contributed by atoms with Crippen LogP contribution in [0.2, 0.25) is 0 Å². The van der Waals surface area contributed by atoms with Gasteiger partial charge in [-0.3, -0.25) is 5.32 Å². The second-order valence-electron chi connectivity index (χ2n) is 2.87. The molecule has 4 heteroatoms. The first-order valence-corrected chi connectivity index (χ1v) is 4.88. The Morgan fingerprint density at radius 1 is 1.71 bits per heavy atom. The summed E-state index contributed by atoms with van der Waals surface area (Å²) in [6.45, 7) is 6.28. The summed E-state index contributed by atoms with van der Waals surface area (Å²) in [6.07, 6.45) is 1.68. The topological polar surface area (TPSA) is 34.1 Å². The van der Waals surface area contributed by atoms with E-state index in [0.29, 0.717) is 18.2 Å². The number of rotatable bonds is 5. The Labute approximate surface area is 89.6 Å². The molecule has 1 unspecified atom stereocenters. The fraction of sp³-hybridized carbons (Fsp3) is 0.300. The smallest absolute Gasteiger partial charge is 0.218 e. The molecule has 0 aliphatic heterocycles. The molecule has 0 spiro atoms. The number of ether oxygens (including phenoxy) is 1. The van der Waals surface area contributed by atoms with Gasteiger partial charge in [0.1, 0.15) is 5.76 Å². The number of thiol groups is 1. The number of aromatic nitrogens is 1. The second-order valence-corrected chi connectivity index (χ2v) is 3.64. The van der Waals surface area contributed by atoms with Gasteiger partial charge in [-0.2, -0.15) is 12.6 Å². The number of nitrogens with one attached hydrogen (secondary N) is 1. The molecule has 1 atom stereocenters. The minimum atomic E-state index is 0.124. The van der Waals surface area contributed by atoms with Gasteiger partial charge in [0.05, 0.1) is 6.54 Å². The van der Waals surface area contributed by atoms with E-state index in [4.69, 9.17) is 4.74 Å². The third-order valence-electron chi connectivity index (χ3n) is 1.48. The maximum absolute atomic E-state index is 5.36. The molecule has 0 aliphatic carbocycles. The Kier molecular flexibility index (Phi) is 4.49. The van der Waals surface area contributed by atoms with Gasteiger partial charge in [-0.25, -0.2) is 4.98 Å². The molecule has 3 nitrogen and oxygen atoms in total. The zero-order valence-electron chi connectivity index (χ0n) is 8.10. The van der Waals surface area contributed by atoms with Crippen molar-refractivity contribution in [3.63, 3.8) is 0 Å². The predicted octanol–water partition coefficient (Wildman–Crippen LogP) is 1.84. The van der Waals surface area contributed by atoms with Crippen LogP contribution in [0, 0.1) is 0 Å². The van der Waals surface area contributed by atoms with Gasteiger partial charge in [-0.1, -0.05) is 12.6 Å². The maximum Gasteiger partial charge on any atom is 0.218 e. The minimum Gasteiger partial charge on any atom is -0.443 e. The van der Waals surface area contributed by atoms with E-state index in [1.54, 1.807) is 12.3 Å². The second kappa shape index (κ2) is 5.67. The molecule has 1 N–H and O–H groups in total. The highest BCUT2D eigenvalue weighted by molar-refractivity contribution is 7.80. The van der Waals surface area contributed by atoms with Crippen LogP contribution in [-0.2, 0) is 0 Å². The lowest BCUT2D eigenvalue weighted by molar-refractivity contribution is 0.391. The van der Waals surface area contributed by atoms with Crippen molar-refractivity contribution in [1.29, 1.82) is 0 Å². The van der Waals surface area contributed by atoms with Crippen molar-refractivity contribution in [3.05, 3.63) is 36.7 Å². The van der Waals surface area contributed by atoms with Gasteiger partial charge in [0, 0.05) is 17.6 Å². The zero-order chi connectivity index (χ0) is 10.4. The van der Waals surface area contributed by atoms with Gasteiger partial charge in [0.25, 0.3) is 0 Å². The molecule has 0 radical (unpaired) electrons. The predicted molar refractivity (Wildman–Crippen MR) is 60.5 cm³/mol. The molecule has 0 bridgehead atoms. The van der Waals surface area contributed by atoms with Crippen LogP contribution in [0.3, 0.4) is 0 Å². The third-order valence-corrected chi connectivity index (χ3v) is 1.66. The van der Waals surface area contributed by atoms with Crippen molar-refractivity contribution in [2.24, 2.45) is 0 Å². The first kappa shape index (κ1) is 11.1. The molecule has 1 heterocycles. The Morgan fingerprint density at radius 3 is 3.07 bits per heavy atom.